The normalized spacial score (nSPS) is 16.5. The summed E-state index contributed by atoms with van der Waals surface area (Å²) in [5.74, 6) is -1.21. The lowest BCUT2D eigenvalue weighted by Gasteiger charge is -2.35. The van der Waals surface area contributed by atoms with Gasteiger partial charge in [-0.2, -0.15) is 0 Å². The van der Waals surface area contributed by atoms with Crippen molar-refractivity contribution in [3.8, 4) is 0 Å². The van der Waals surface area contributed by atoms with Crippen LogP contribution in [0.4, 0.5) is 0 Å². The van der Waals surface area contributed by atoms with Crippen LogP contribution in [0.2, 0.25) is 0 Å². The Bertz CT molecular complexity index is 243. The van der Waals surface area contributed by atoms with Crippen molar-refractivity contribution >= 4 is 5.97 Å². The number of hydrogen-bond donors (Lipinski definition) is 3. The summed E-state index contributed by atoms with van der Waals surface area (Å²) in [6.45, 7) is 6.99. The van der Waals surface area contributed by atoms with Crippen molar-refractivity contribution in [3.63, 3.8) is 0 Å². The standard InChI is InChI=1S/C12H22O4/c1-4-6-7-12(5-2,8-13)10(14)9(3)11(15)16/h10,13-14H,3-8H2,1-2H3,(H,15,16). The molecular weight excluding hydrogens is 208 g/mol. The second-order valence-corrected chi connectivity index (χ2v) is 4.21. The van der Waals surface area contributed by atoms with Gasteiger partial charge < -0.3 is 15.3 Å². The average Bonchev–Trinajstić information content (AvgIpc) is 2.29. The molecule has 3 N–H and O–H groups in total. The van der Waals surface area contributed by atoms with Gasteiger partial charge >= 0.3 is 5.97 Å². The summed E-state index contributed by atoms with van der Waals surface area (Å²) in [5, 5.41) is 28.2. The molecule has 0 heterocycles. The molecule has 0 radical (unpaired) electrons. The predicted molar refractivity (Wildman–Crippen MR) is 62.1 cm³/mol. The summed E-state index contributed by atoms with van der Waals surface area (Å²) in [5.41, 5.74) is -1.02. The molecule has 0 aromatic heterocycles. The maximum atomic E-state index is 10.8. The quantitative estimate of drug-likeness (QED) is 0.553. The minimum absolute atomic E-state index is 0.225. The van der Waals surface area contributed by atoms with Crippen molar-refractivity contribution < 1.29 is 20.1 Å². The number of carboxylic acid groups (broad SMARTS) is 1. The number of carboxylic acids is 1. The Labute approximate surface area is 96.6 Å². The molecule has 0 aromatic rings. The summed E-state index contributed by atoms with van der Waals surface area (Å²) < 4.78 is 0. The van der Waals surface area contributed by atoms with E-state index in [2.05, 4.69) is 6.58 Å². The number of hydrogen-bond acceptors (Lipinski definition) is 3. The van der Waals surface area contributed by atoms with E-state index >= 15 is 0 Å². The van der Waals surface area contributed by atoms with Gasteiger partial charge in [-0.25, -0.2) is 4.79 Å². The third-order valence-corrected chi connectivity index (χ3v) is 3.23. The minimum atomic E-state index is -1.21. The van der Waals surface area contributed by atoms with Crippen LogP contribution in [0.5, 0.6) is 0 Å². The molecule has 0 rings (SSSR count). The molecule has 0 aliphatic heterocycles. The Kier molecular flexibility index (Phi) is 6.29. The molecule has 4 nitrogen and oxygen atoms in total. The van der Waals surface area contributed by atoms with Crippen LogP contribution in [0.3, 0.4) is 0 Å². The molecule has 0 aromatic carbocycles. The molecule has 94 valence electrons. The minimum Gasteiger partial charge on any atom is -0.478 e. The number of carbonyl (C=O) groups is 1. The first-order valence-electron chi connectivity index (χ1n) is 5.66. The van der Waals surface area contributed by atoms with Crippen LogP contribution in [-0.4, -0.2) is 34.0 Å². The molecule has 0 amide bonds. The topological polar surface area (TPSA) is 77.8 Å². The molecule has 2 unspecified atom stereocenters. The molecule has 0 fully saturated rings. The van der Waals surface area contributed by atoms with Crippen LogP contribution >= 0.6 is 0 Å². The molecule has 0 saturated heterocycles. The molecule has 4 heteroatoms. The second-order valence-electron chi connectivity index (χ2n) is 4.21. The fourth-order valence-corrected chi connectivity index (χ4v) is 1.80. The highest BCUT2D eigenvalue weighted by Gasteiger charge is 2.38. The van der Waals surface area contributed by atoms with E-state index in [1.54, 1.807) is 0 Å². The molecule has 0 aliphatic carbocycles. The van der Waals surface area contributed by atoms with E-state index in [-0.39, 0.29) is 12.2 Å². The van der Waals surface area contributed by atoms with Gasteiger partial charge in [-0.1, -0.05) is 33.3 Å². The van der Waals surface area contributed by atoms with Gasteiger partial charge in [0.1, 0.15) is 0 Å². The van der Waals surface area contributed by atoms with Gasteiger partial charge in [0, 0.05) is 5.41 Å². The Hall–Kier alpha value is -0.870. The van der Waals surface area contributed by atoms with Crippen molar-refractivity contribution in [1.29, 1.82) is 0 Å². The molecular formula is C12H22O4. The lowest BCUT2D eigenvalue weighted by atomic mass is 9.73. The average molecular weight is 230 g/mol. The molecule has 16 heavy (non-hydrogen) atoms. The first-order valence-corrected chi connectivity index (χ1v) is 5.66. The Balaban J connectivity index is 4.87. The van der Waals surface area contributed by atoms with Crippen molar-refractivity contribution in [2.45, 2.75) is 45.6 Å². The summed E-state index contributed by atoms with van der Waals surface area (Å²) in [6, 6.07) is 0. The first-order chi connectivity index (χ1) is 7.45. The van der Waals surface area contributed by atoms with Gasteiger partial charge in [-0.3, -0.25) is 0 Å². The van der Waals surface area contributed by atoms with Crippen molar-refractivity contribution in [1.82, 2.24) is 0 Å². The largest absolute Gasteiger partial charge is 0.478 e. The van der Waals surface area contributed by atoms with Crippen LogP contribution in [-0.2, 0) is 4.79 Å². The summed E-state index contributed by atoms with van der Waals surface area (Å²) in [6.07, 6.45) is 1.72. The smallest absolute Gasteiger partial charge is 0.333 e. The zero-order valence-electron chi connectivity index (χ0n) is 10.1. The van der Waals surface area contributed by atoms with Gasteiger partial charge in [0.05, 0.1) is 18.3 Å². The molecule has 0 spiro atoms. The van der Waals surface area contributed by atoms with Gasteiger partial charge in [0.25, 0.3) is 0 Å². The van der Waals surface area contributed by atoms with E-state index in [1.807, 2.05) is 13.8 Å². The monoisotopic (exact) mass is 230 g/mol. The highest BCUT2D eigenvalue weighted by atomic mass is 16.4. The SMILES string of the molecule is C=C(C(=O)O)C(O)C(CC)(CO)CCCC. The van der Waals surface area contributed by atoms with Crippen LogP contribution in [0.15, 0.2) is 12.2 Å². The van der Waals surface area contributed by atoms with Crippen molar-refractivity contribution in [2.75, 3.05) is 6.61 Å². The van der Waals surface area contributed by atoms with Crippen LogP contribution in [0.1, 0.15) is 39.5 Å². The zero-order chi connectivity index (χ0) is 12.8. The fourth-order valence-electron chi connectivity index (χ4n) is 1.80. The number of aliphatic carboxylic acids is 1. The van der Waals surface area contributed by atoms with Gasteiger partial charge in [-0.15, -0.1) is 0 Å². The highest BCUT2D eigenvalue weighted by molar-refractivity contribution is 5.87. The Morgan fingerprint density at radius 1 is 1.44 bits per heavy atom. The van der Waals surface area contributed by atoms with Gasteiger partial charge in [0.2, 0.25) is 0 Å². The predicted octanol–water partition coefficient (Wildman–Crippen LogP) is 1.57. The molecule has 0 bridgehead atoms. The second kappa shape index (κ2) is 6.66. The van der Waals surface area contributed by atoms with E-state index in [1.165, 1.54) is 0 Å². The lowest BCUT2D eigenvalue weighted by molar-refractivity contribution is -0.135. The number of aliphatic hydroxyl groups excluding tert-OH is 2. The van der Waals surface area contributed by atoms with E-state index in [9.17, 15) is 15.0 Å². The summed E-state index contributed by atoms with van der Waals surface area (Å²) >= 11 is 0. The summed E-state index contributed by atoms with van der Waals surface area (Å²) in [7, 11) is 0. The van der Waals surface area contributed by atoms with E-state index in [4.69, 9.17) is 5.11 Å². The van der Waals surface area contributed by atoms with E-state index < -0.39 is 17.5 Å². The number of rotatable bonds is 8. The Morgan fingerprint density at radius 2 is 2.00 bits per heavy atom. The van der Waals surface area contributed by atoms with Gasteiger partial charge in [-0.05, 0) is 12.8 Å². The fraction of sp³-hybridized carbons (Fsp3) is 0.750. The molecule has 2 atom stereocenters. The van der Waals surface area contributed by atoms with Crippen molar-refractivity contribution in [3.05, 3.63) is 12.2 Å². The maximum Gasteiger partial charge on any atom is 0.333 e. The van der Waals surface area contributed by atoms with Crippen LogP contribution in [0, 0.1) is 5.41 Å². The summed E-state index contributed by atoms with van der Waals surface area (Å²) in [4.78, 5) is 10.8. The van der Waals surface area contributed by atoms with Crippen LogP contribution in [0.25, 0.3) is 0 Å². The zero-order valence-corrected chi connectivity index (χ0v) is 10.1. The Morgan fingerprint density at radius 3 is 2.31 bits per heavy atom. The van der Waals surface area contributed by atoms with Gasteiger partial charge in [0.15, 0.2) is 0 Å². The number of aliphatic hydroxyl groups is 2. The van der Waals surface area contributed by atoms with Crippen molar-refractivity contribution in [2.24, 2.45) is 5.41 Å². The maximum absolute atomic E-state index is 10.8. The van der Waals surface area contributed by atoms with Crippen LogP contribution < -0.4 is 0 Å². The van der Waals surface area contributed by atoms with E-state index in [0.29, 0.717) is 12.8 Å². The lowest BCUT2D eigenvalue weighted by Crippen LogP contribution is -2.41. The first kappa shape index (κ1) is 15.1. The van der Waals surface area contributed by atoms with E-state index in [0.717, 1.165) is 12.8 Å². The molecule has 0 saturated carbocycles. The third-order valence-electron chi connectivity index (χ3n) is 3.23. The molecule has 0 aliphatic rings. The third kappa shape index (κ3) is 3.32. The number of unbranched alkanes of at least 4 members (excludes halogenated alkanes) is 1. The highest BCUT2D eigenvalue weighted by Crippen LogP contribution is 2.35.